The lowest BCUT2D eigenvalue weighted by Gasteiger charge is -2.26. The highest BCUT2D eigenvalue weighted by Gasteiger charge is 2.46. The lowest BCUT2D eigenvalue weighted by atomic mass is 9.95. The molecule has 1 atom stereocenters. The fourth-order valence-electron chi connectivity index (χ4n) is 4.40. The predicted molar refractivity (Wildman–Crippen MR) is 145 cm³/mol. The normalized spacial score (nSPS) is 16.7. The van der Waals surface area contributed by atoms with Gasteiger partial charge in [0.2, 0.25) is 0 Å². The molecule has 198 valence electrons. The zero-order valence-electron chi connectivity index (χ0n) is 22.1. The van der Waals surface area contributed by atoms with Crippen molar-refractivity contribution in [3.63, 3.8) is 0 Å². The molecule has 0 spiro atoms. The van der Waals surface area contributed by atoms with Crippen LogP contribution >= 0.6 is 0 Å². The number of amides is 1. The Bertz CT molecular complexity index is 1310. The van der Waals surface area contributed by atoms with Crippen molar-refractivity contribution in [3.05, 3.63) is 95.1 Å². The molecule has 1 fully saturated rings. The van der Waals surface area contributed by atoms with Crippen molar-refractivity contribution < 1.29 is 28.9 Å². The van der Waals surface area contributed by atoms with Gasteiger partial charge in [0.05, 0.1) is 31.9 Å². The summed E-state index contributed by atoms with van der Waals surface area (Å²) < 4.78 is 16.6. The van der Waals surface area contributed by atoms with E-state index in [1.54, 1.807) is 55.6 Å². The summed E-state index contributed by atoms with van der Waals surface area (Å²) in [6.45, 7) is 7.27. The van der Waals surface area contributed by atoms with Crippen molar-refractivity contribution in [1.82, 2.24) is 4.90 Å². The molecule has 0 saturated carbocycles. The second-order valence-electron chi connectivity index (χ2n) is 9.51. The minimum Gasteiger partial charge on any atom is -0.507 e. The number of nitrogens with zero attached hydrogens (tertiary/aromatic N) is 1. The standard InChI is InChI=1S/C31H33NO6/c1-5-37-26-8-6-7-21(17-26)18-32-28(22-9-13-24(36-4)14-10-22)27(30(34)31(32)35)29(33)23-11-15-25(16-12-23)38-19-20(2)3/h6-17,20,28,33H,5,18-19H2,1-4H3/b29-27-. The number of hydrogen-bond acceptors (Lipinski definition) is 6. The van der Waals surface area contributed by atoms with Crippen LogP contribution in [0.3, 0.4) is 0 Å². The maximum Gasteiger partial charge on any atom is 0.295 e. The molecule has 1 aliphatic rings. The van der Waals surface area contributed by atoms with E-state index in [1.807, 2.05) is 31.2 Å². The number of methoxy groups -OCH3 is 1. The van der Waals surface area contributed by atoms with E-state index in [-0.39, 0.29) is 17.9 Å². The quantitative estimate of drug-likeness (QED) is 0.210. The van der Waals surface area contributed by atoms with Crippen LogP contribution in [0.2, 0.25) is 0 Å². The zero-order valence-corrected chi connectivity index (χ0v) is 22.1. The molecule has 4 rings (SSSR count). The van der Waals surface area contributed by atoms with E-state index >= 15 is 0 Å². The third kappa shape index (κ3) is 5.83. The zero-order chi connectivity index (χ0) is 27.2. The Labute approximate surface area is 223 Å². The van der Waals surface area contributed by atoms with Crippen LogP contribution in [0.25, 0.3) is 5.76 Å². The van der Waals surface area contributed by atoms with Crippen LogP contribution in [0.15, 0.2) is 78.4 Å². The number of rotatable bonds is 10. The largest absolute Gasteiger partial charge is 0.507 e. The van der Waals surface area contributed by atoms with E-state index < -0.39 is 17.7 Å². The lowest BCUT2D eigenvalue weighted by Crippen LogP contribution is -2.29. The summed E-state index contributed by atoms with van der Waals surface area (Å²) in [7, 11) is 1.57. The number of aliphatic hydroxyl groups excluding tert-OH is 1. The van der Waals surface area contributed by atoms with Crippen LogP contribution in [-0.4, -0.2) is 42.0 Å². The maximum absolute atomic E-state index is 13.4. The molecule has 0 radical (unpaired) electrons. The first-order chi connectivity index (χ1) is 18.3. The van der Waals surface area contributed by atoms with Gasteiger partial charge in [-0.1, -0.05) is 38.1 Å². The number of ketones is 1. The first-order valence-corrected chi connectivity index (χ1v) is 12.7. The molecule has 0 bridgehead atoms. The topological polar surface area (TPSA) is 85.3 Å². The molecule has 3 aromatic carbocycles. The highest BCUT2D eigenvalue weighted by Crippen LogP contribution is 2.41. The van der Waals surface area contributed by atoms with Gasteiger partial charge in [-0.05, 0) is 72.5 Å². The van der Waals surface area contributed by atoms with E-state index in [0.717, 1.165) is 5.56 Å². The summed E-state index contributed by atoms with van der Waals surface area (Å²) >= 11 is 0. The van der Waals surface area contributed by atoms with Gasteiger partial charge in [-0.3, -0.25) is 9.59 Å². The van der Waals surface area contributed by atoms with Crippen LogP contribution < -0.4 is 14.2 Å². The van der Waals surface area contributed by atoms with E-state index in [1.165, 1.54) is 4.90 Å². The van der Waals surface area contributed by atoms with Gasteiger partial charge >= 0.3 is 0 Å². The molecule has 7 heteroatoms. The molecule has 1 N–H and O–H groups in total. The van der Waals surface area contributed by atoms with Crippen LogP contribution in [0.1, 0.15) is 43.5 Å². The van der Waals surface area contributed by atoms with Crippen molar-refractivity contribution in [3.8, 4) is 17.2 Å². The SMILES string of the molecule is CCOc1cccc(CN2C(=O)C(=O)/C(=C(\O)c3ccc(OCC(C)C)cc3)C2c2ccc(OC)cc2)c1. The third-order valence-electron chi connectivity index (χ3n) is 6.24. The molecule has 38 heavy (non-hydrogen) atoms. The van der Waals surface area contributed by atoms with Crippen molar-refractivity contribution in [2.45, 2.75) is 33.4 Å². The van der Waals surface area contributed by atoms with Gasteiger partial charge < -0.3 is 24.2 Å². The van der Waals surface area contributed by atoms with Gasteiger partial charge in [-0.2, -0.15) is 0 Å². The van der Waals surface area contributed by atoms with Gasteiger partial charge in [0, 0.05) is 12.1 Å². The van der Waals surface area contributed by atoms with E-state index in [4.69, 9.17) is 14.2 Å². The molecule has 1 heterocycles. The fraction of sp³-hybridized carbons (Fsp3) is 0.290. The van der Waals surface area contributed by atoms with E-state index in [2.05, 4.69) is 13.8 Å². The molecule has 1 unspecified atom stereocenters. The van der Waals surface area contributed by atoms with Crippen molar-refractivity contribution in [2.24, 2.45) is 5.92 Å². The van der Waals surface area contributed by atoms with E-state index in [0.29, 0.717) is 47.5 Å². The molecule has 1 aliphatic heterocycles. The van der Waals surface area contributed by atoms with Gasteiger partial charge in [0.1, 0.15) is 23.0 Å². The van der Waals surface area contributed by atoms with Gasteiger partial charge in [0.25, 0.3) is 11.7 Å². The fourth-order valence-corrected chi connectivity index (χ4v) is 4.40. The first kappa shape index (κ1) is 26.8. The molecular formula is C31H33NO6. The smallest absolute Gasteiger partial charge is 0.295 e. The number of aliphatic hydroxyl groups is 1. The number of likely N-dealkylation sites (tertiary alicyclic amines) is 1. The Hall–Kier alpha value is -4.26. The highest BCUT2D eigenvalue weighted by atomic mass is 16.5. The molecule has 7 nitrogen and oxygen atoms in total. The van der Waals surface area contributed by atoms with Crippen molar-refractivity contribution in [2.75, 3.05) is 20.3 Å². The average molecular weight is 516 g/mol. The average Bonchev–Trinajstić information content (AvgIpc) is 3.17. The number of carbonyl (C=O) groups is 2. The third-order valence-corrected chi connectivity index (χ3v) is 6.24. The van der Waals surface area contributed by atoms with Crippen LogP contribution in [0.4, 0.5) is 0 Å². The molecule has 1 saturated heterocycles. The monoisotopic (exact) mass is 515 g/mol. The number of benzene rings is 3. The summed E-state index contributed by atoms with van der Waals surface area (Å²) in [5.74, 6) is 0.726. The summed E-state index contributed by atoms with van der Waals surface area (Å²) in [6, 6.07) is 20.6. The number of hydrogen-bond donors (Lipinski definition) is 1. The Morgan fingerprint density at radius 2 is 1.61 bits per heavy atom. The Kier molecular flexibility index (Phi) is 8.36. The molecule has 1 amide bonds. The van der Waals surface area contributed by atoms with Gasteiger partial charge in [0.15, 0.2) is 0 Å². The summed E-state index contributed by atoms with van der Waals surface area (Å²) in [6.07, 6.45) is 0. The minimum atomic E-state index is -0.784. The number of ether oxygens (including phenoxy) is 3. The van der Waals surface area contributed by atoms with Crippen LogP contribution in [-0.2, 0) is 16.1 Å². The molecule has 0 aromatic heterocycles. The van der Waals surface area contributed by atoms with Crippen LogP contribution in [0, 0.1) is 5.92 Å². The maximum atomic E-state index is 13.4. The van der Waals surface area contributed by atoms with E-state index in [9.17, 15) is 14.7 Å². The Morgan fingerprint density at radius 3 is 2.24 bits per heavy atom. The van der Waals surface area contributed by atoms with Gasteiger partial charge in [-0.15, -0.1) is 0 Å². The molecule has 3 aromatic rings. The second kappa shape index (κ2) is 11.9. The minimum absolute atomic E-state index is 0.0389. The number of Topliss-reactive ketones (excluding diaryl/α,β-unsaturated/α-hetero) is 1. The highest BCUT2D eigenvalue weighted by molar-refractivity contribution is 6.46. The van der Waals surface area contributed by atoms with Crippen molar-refractivity contribution >= 4 is 17.4 Å². The summed E-state index contributed by atoms with van der Waals surface area (Å²) in [5.41, 5.74) is 1.96. The summed E-state index contributed by atoms with van der Waals surface area (Å²) in [4.78, 5) is 28.2. The first-order valence-electron chi connectivity index (χ1n) is 12.7. The number of carbonyl (C=O) groups excluding carboxylic acids is 2. The second-order valence-corrected chi connectivity index (χ2v) is 9.51. The summed E-state index contributed by atoms with van der Waals surface area (Å²) in [5, 5.41) is 11.3. The predicted octanol–water partition coefficient (Wildman–Crippen LogP) is 5.75. The Morgan fingerprint density at radius 1 is 0.921 bits per heavy atom. The van der Waals surface area contributed by atoms with Crippen LogP contribution in [0.5, 0.6) is 17.2 Å². The molecular weight excluding hydrogens is 482 g/mol. The van der Waals surface area contributed by atoms with Crippen molar-refractivity contribution in [1.29, 1.82) is 0 Å². The Balaban J connectivity index is 1.75. The molecule has 0 aliphatic carbocycles. The lowest BCUT2D eigenvalue weighted by molar-refractivity contribution is -0.140. The van der Waals surface area contributed by atoms with Gasteiger partial charge in [-0.25, -0.2) is 0 Å².